The quantitative estimate of drug-likeness (QED) is 0.749. The molecule has 1 aliphatic heterocycles. The van der Waals surface area contributed by atoms with E-state index in [0.29, 0.717) is 11.8 Å². The molecule has 1 aromatic carbocycles. The molecule has 0 aromatic heterocycles. The average molecular weight is 384 g/mol. The molecule has 1 heterocycles. The first kappa shape index (κ1) is 14.3. The van der Waals surface area contributed by atoms with E-state index in [1.54, 1.807) is 0 Å². The highest BCUT2D eigenvalue weighted by molar-refractivity contribution is 14.1. The van der Waals surface area contributed by atoms with Crippen LogP contribution in [0.3, 0.4) is 0 Å². The third-order valence-corrected chi connectivity index (χ3v) is 4.79. The van der Waals surface area contributed by atoms with Crippen LogP contribution in [0.15, 0.2) is 24.3 Å². The van der Waals surface area contributed by atoms with E-state index in [0.717, 1.165) is 52.0 Å². The minimum absolute atomic E-state index is 0.359. The largest absolute Gasteiger partial charge is 0.341 e. The monoisotopic (exact) mass is 384 g/mol. The first-order valence-electron chi connectivity index (χ1n) is 7.48. The van der Waals surface area contributed by atoms with E-state index in [1.165, 1.54) is 9.13 Å². The van der Waals surface area contributed by atoms with Crippen LogP contribution in [0.4, 0.5) is 0 Å². The van der Waals surface area contributed by atoms with Gasteiger partial charge in [-0.25, -0.2) is 0 Å². The van der Waals surface area contributed by atoms with Crippen molar-refractivity contribution in [2.24, 2.45) is 5.92 Å². The number of hydrogen-bond donors (Lipinski definition) is 0. The van der Waals surface area contributed by atoms with E-state index in [2.05, 4.69) is 56.7 Å². The van der Waals surface area contributed by atoms with E-state index < -0.39 is 0 Å². The normalized spacial score (nSPS) is 20.8. The van der Waals surface area contributed by atoms with Gasteiger partial charge in [-0.3, -0.25) is 9.69 Å². The predicted octanol–water partition coefficient (Wildman–Crippen LogP) is 2.74. The molecule has 1 amide bonds. The van der Waals surface area contributed by atoms with Crippen LogP contribution in [0.2, 0.25) is 0 Å². The topological polar surface area (TPSA) is 23.6 Å². The SMILES string of the molecule is O=C(C1CC1)N1CCCN(Cc2cccc(I)c2)CC1. The van der Waals surface area contributed by atoms with Gasteiger partial charge >= 0.3 is 0 Å². The highest BCUT2D eigenvalue weighted by Crippen LogP contribution is 2.31. The Bertz CT molecular complexity index is 487. The molecule has 1 saturated carbocycles. The Morgan fingerprint density at radius 1 is 1.20 bits per heavy atom. The summed E-state index contributed by atoms with van der Waals surface area (Å²) in [4.78, 5) is 16.7. The molecule has 1 saturated heterocycles. The number of halogens is 1. The standard InChI is InChI=1S/C16H21IN2O/c17-15-4-1-3-13(11-15)12-18-7-2-8-19(10-9-18)16(20)14-5-6-14/h1,3-4,11,14H,2,5-10,12H2. The predicted molar refractivity (Wildman–Crippen MR) is 88.4 cm³/mol. The number of hydrogen-bond acceptors (Lipinski definition) is 2. The lowest BCUT2D eigenvalue weighted by Crippen LogP contribution is -2.36. The van der Waals surface area contributed by atoms with Gasteiger partial charge in [0.25, 0.3) is 0 Å². The second kappa shape index (κ2) is 6.43. The number of rotatable bonds is 3. The second-order valence-corrected chi connectivity index (χ2v) is 7.10. The van der Waals surface area contributed by atoms with Crippen molar-refractivity contribution in [1.82, 2.24) is 9.80 Å². The average Bonchev–Trinajstić information content (AvgIpc) is 3.26. The van der Waals surface area contributed by atoms with E-state index >= 15 is 0 Å². The molecule has 2 fully saturated rings. The van der Waals surface area contributed by atoms with Crippen LogP contribution in [0.25, 0.3) is 0 Å². The van der Waals surface area contributed by atoms with Crippen molar-refractivity contribution in [3.05, 3.63) is 33.4 Å². The molecule has 1 aliphatic carbocycles. The Labute approximate surface area is 134 Å². The van der Waals surface area contributed by atoms with Gasteiger partial charge in [0, 0.05) is 42.2 Å². The number of benzene rings is 1. The fraction of sp³-hybridized carbons (Fsp3) is 0.562. The number of carbonyl (C=O) groups is 1. The minimum Gasteiger partial charge on any atom is -0.341 e. The molecule has 4 heteroatoms. The van der Waals surface area contributed by atoms with E-state index in [-0.39, 0.29) is 0 Å². The molecule has 0 N–H and O–H groups in total. The second-order valence-electron chi connectivity index (χ2n) is 5.86. The Morgan fingerprint density at radius 2 is 2.05 bits per heavy atom. The maximum atomic E-state index is 12.1. The van der Waals surface area contributed by atoms with Gasteiger partial charge in [0.05, 0.1) is 0 Å². The molecule has 2 aliphatic rings. The molecule has 3 rings (SSSR count). The lowest BCUT2D eigenvalue weighted by Gasteiger charge is -2.22. The summed E-state index contributed by atoms with van der Waals surface area (Å²) in [5.41, 5.74) is 1.37. The van der Waals surface area contributed by atoms with Gasteiger partial charge in [0.1, 0.15) is 0 Å². The Balaban J connectivity index is 1.55. The fourth-order valence-corrected chi connectivity index (χ4v) is 3.44. The van der Waals surface area contributed by atoms with Crippen molar-refractivity contribution in [3.8, 4) is 0 Å². The van der Waals surface area contributed by atoms with E-state index in [4.69, 9.17) is 0 Å². The van der Waals surface area contributed by atoms with Gasteiger partial charge in [-0.2, -0.15) is 0 Å². The van der Waals surface area contributed by atoms with Crippen LogP contribution in [0.5, 0.6) is 0 Å². The highest BCUT2D eigenvalue weighted by atomic mass is 127. The Kier molecular flexibility index (Phi) is 4.61. The molecule has 20 heavy (non-hydrogen) atoms. The zero-order valence-corrected chi connectivity index (χ0v) is 13.9. The van der Waals surface area contributed by atoms with Crippen molar-refractivity contribution in [2.45, 2.75) is 25.8 Å². The van der Waals surface area contributed by atoms with Gasteiger partial charge < -0.3 is 4.90 Å². The van der Waals surface area contributed by atoms with Crippen LogP contribution < -0.4 is 0 Å². The van der Waals surface area contributed by atoms with E-state index in [9.17, 15) is 4.79 Å². The maximum absolute atomic E-state index is 12.1. The summed E-state index contributed by atoms with van der Waals surface area (Å²) in [5, 5.41) is 0. The summed E-state index contributed by atoms with van der Waals surface area (Å²) in [6.45, 7) is 4.95. The van der Waals surface area contributed by atoms with Crippen molar-refractivity contribution >= 4 is 28.5 Å². The summed E-state index contributed by atoms with van der Waals surface area (Å²) in [6.07, 6.45) is 3.32. The van der Waals surface area contributed by atoms with Crippen molar-refractivity contribution in [3.63, 3.8) is 0 Å². The zero-order valence-electron chi connectivity index (χ0n) is 11.7. The lowest BCUT2D eigenvalue weighted by atomic mass is 10.2. The number of nitrogens with zero attached hydrogens (tertiary/aromatic N) is 2. The van der Waals surface area contributed by atoms with Gasteiger partial charge in [-0.05, 0) is 59.5 Å². The van der Waals surface area contributed by atoms with Crippen LogP contribution >= 0.6 is 22.6 Å². The summed E-state index contributed by atoms with van der Waals surface area (Å²) < 4.78 is 1.29. The molecule has 1 aromatic rings. The molecule has 0 spiro atoms. The van der Waals surface area contributed by atoms with Crippen molar-refractivity contribution in [1.29, 1.82) is 0 Å². The smallest absolute Gasteiger partial charge is 0.225 e. The van der Waals surface area contributed by atoms with Crippen molar-refractivity contribution < 1.29 is 4.79 Å². The molecule has 108 valence electrons. The number of amides is 1. The minimum atomic E-state index is 0.359. The van der Waals surface area contributed by atoms with Gasteiger partial charge in [0.2, 0.25) is 5.91 Å². The van der Waals surface area contributed by atoms with Crippen LogP contribution in [-0.2, 0) is 11.3 Å². The first-order chi connectivity index (χ1) is 9.72. The summed E-state index contributed by atoms with van der Waals surface area (Å²) >= 11 is 2.36. The number of carbonyl (C=O) groups excluding carboxylic acids is 1. The molecule has 0 unspecified atom stereocenters. The third kappa shape index (κ3) is 3.73. The van der Waals surface area contributed by atoms with Crippen LogP contribution in [0.1, 0.15) is 24.8 Å². The van der Waals surface area contributed by atoms with Crippen LogP contribution in [-0.4, -0.2) is 41.9 Å². The van der Waals surface area contributed by atoms with Gasteiger partial charge in [-0.15, -0.1) is 0 Å². The summed E-state index contributed by atoms with van der Waals surface area (Å²) in [5.74, 6) is 0.762. The van der Waals surface area contributed by atoms with E-state index in [1.807, 2.05) is 0 Å². The summed E-state index contributed by atoms with van der Waals surface area (Å²) in [7, 11) is 0. The Hall–Kier alpha value is -0.620. The Morgan fingerprint density at radius 3 is 2.80 bits per heavy atom. The third-order valence-electron chi connectivity index (χ3n) is 4.12. The molecule has 0 bridgehead atoms. The summed E-state index contributed by atoms with van der Waals surface area (Å²) in [6, 6.07) is 8.69. The molecule has 3 nitrogen and oxygen atoms in total. The molecule has 0 radical (unpaired) electrons. The van der Waals surface area contributed by atoms with Gasteiger partial charge in [-0.1, -0.05) is 12.1 Å². The lowest BCUT2D eigenvalue weighted by molar-refractivity contribution is -0.132. The van der Waals surface area contributed by atoms with Gasteiger partial charge in [0.15, 0.2) is 0 Å². The fourth-order valence-electron chi connectivity index (χ4n) is 2.83. The molecular formula is C16H21IN2O. The highest BCUT2D eigenvalue weighted by Gasteiger charge is 2.33. The van der Waals surface area contributed by atoms with Crippen LogP contribution in [0, 0.1) is 9.49 Å². The van der Waals surface area contributed by atoms with Crippen molar-refractivity contribution in [2.75, 3.05) is 26.2 Å². The maximum Gasteiger partial charge on any atom is 0.225 e. The molecular weight excluding hydrogens is 363 g/mol. The zero-order chi connectivity index (χ0) is 13.9. The first-order valence-corrected chi connectivity index (χ1v) is 8.56. The molecule has 0 atom stereocenters.